The van der Waals surface area contributed by atoms with Gasteiger partial charge in [0.25, 0.3) is 0 Å². The molecule has 1 aliphatic rings. The maximum atomic E-state index is 12.3. The molecule has 1 amide bonds. The zero-order valence-electron chi connectivity index (χ0n) is 12.3. The first kappa shape index (κ1) is 15.5. The van der Waals surface area contributed by atoms with Gasteiger partial charge in [0, 0.05) is 15.3 Å². The van der Waals surface area contributed by atoms with Crippen molar-refractivity contribution in [3.8, 4) is 0 Å². The van der Waals surface area contributed by atoms with Crippen molar-refractivity contribution in [1.82, 2.24) is 4.90 Å². The summed E-state index contributed by atoms with van der Waals surface area (Å²) in [5.74, 6) is 0.0600. The highest BCUT2D eigenvalue weighted by molar-refractivity contribution is 14.1. The highest BCUT2D eigenvalue weighted by Gasteiger charge is 2.27. The summed E-state index contributed by atoms with van der Waals surface area (Å²) in [6, 6.07) is 18.7. The Hall–Kier alpha value is -1.40. The molecule has 1 atom stereocenters. The van der Waals surface area contributed by atoms with Gasteiger partial charge in [0.2, 0.25) is 5.91 Å². The molecule has 3 nitrogen and oxygen atoms in total. The number of carbonyl (C=O) groups is 1. The molecule has 1 fully saturated rings. The Kier molecular flexibility index (Phi) is 5.10. The fourth-order valence-corrected chi connectivity index (χ4v) is 3.56. The lowest BCUT2D eigenvalue weighted by atomic mass is 10.0. The van der Waals surface area contributed by atoms with E-state index in [2.05, 4.69) is 57.1 Å². The molecule has 2 aromatic rings. The fraction of sp³-hybridized carbons (Fsp3) is 0.278. The summed E-state index contributed by atoms with van der Waals surface area (Å²) in [4.78, 5) is 14.6. The van der Waals surface area contributed by atoms with E-state index in [0.29, 0.717) is 12.6 Å². The smallest absolute Gasteiger partial charge is 0.238 e. The van der Waals surface area contributed by atoms with Crippen LogP contribution in [0.4, 0.5) is 5.69 Å². The molecule has 1 N–H and O–H groups in total. The molecule has 1 saturated heterocycles. The van der Waals surface area contributed by atoms with Crippen molar-refractivity contribution in [2.24, 2.45) is 0 Å². The molecular weight excluding hydrogens is 387 g/mol. The number of benzene rings is 2. The molecule has 0 radical (unpaired) electrons. The minimum Gasteiger partial charge on any atom is -0.325 e. The molecule has 114 valence electrons. The van der Waals surface area contributed by atoms with Crippen LogP contribution in [0.1, 0.15) is 24.4 Å². The first-order valence-corrected chi connectivity index (χ1v) is 8.65. The van der Waals surface area contributed by atoms with Gasteiger partial charge in [-0.25, -0.2) is 0 Å². The van der Waals surface area contributed by atoms with Crippen LogP contribution in [0.2, 0.25) is 0 Å². The Morgan fingerprint density at radius 1 is 1.18 bits per heavy atom. The number of hydrogen-bond donors (Lipinski definition) is 1. The minimum absolute atomic E-state index is 0.0600. The molecule has 2 aromatic carbocycles. The van der Waals surface area contributed by atoms with E-state index in [0.717, 1.165) is 28.6 Å². The summed E-state index contributed by atoms with van der Waals surface area (Å²) in [7, 11) is 0. The van der Waals surface area contributed by atoms with Crippen molar-refractivity contribution in [3.05, 3.63) is 63.7 Å². The SMILES string of the molecule is O=C(CN1CCC[C@@H]1c1ccccc1)Nc1cccc(I)c1. The van der Waals surface area contributed by atoms with Gasteiger partial charge in [-0.2, -0.15) is 0 Å². The topological polar surface area (TPSA) is 32.3 Å². The summed E-state index contributed by atoms with van der Waals surface area (Å²) in [5.41, 5.74) is 2.18. The monoisotopic (exact) mass is 406 g/mol. The van der Waals surface area contributed by atoms with Gasteiger partial charge in [0.1, 0.15) is 0 Å². The fourth-order valence-electron chi connectivity index (χ4n) is 3.02. The Morgan fingerprint density at radius 3 is 2.77 bits per heavy atom. The molecule has 4 heteroatoms. The molecule has 1 heterocycles. The number of amides is 1. The van der Waals surface area contributed by atoms with Crippen LogP contribution in [-0.4, -0.2) is 23.9 Å². The van der Waals surface area contributed by atoms with Crippen LogP contribution >= 0.6 is 22.6 Å². The molecule has 0 bridgehead atoms. The van der Waals surface area contributed by atoms with Crippen molar-refractivity contribution in [2.75, 3.05) is 18.4 Å². The highest BCUT2D eigenvalue weighted by Crippen LogP contribution is 2.31. The maximum Gasteiger partial charge on any atom is 0.238 e. The van der Waals surface area contributed by atoms with Crippen LogP contribution < -0.4 is 5.32 Å². The van der Waals surface area contributed by atoms with E-state index in [4.69, 9.17) is 0 Å². The van der Waals surface area contributed by atoms with Crippen molar-refractivity contribution in [2.45, 2.75) is 18.9 Å². The normalized spacial score (nSPS) is 18.3. The Labute approximate surface area is 144 Å². The molecule has 0 saturated carbocycles. The van der Waals surface area contributed by atoms with Gasteiger partial charge in [-0.15, -0.1) is 0 Å². The molecule has 0 aromatic heterocycles. The van der Waals surface area contributed by atoms with E-state index in [1.807, 2.05) is 30.3 Å². The first-order valence-electron chi connectivity index (χ1n) is 7.57. The average molecular weight is 406 g/mol. The van der Waals surface area contributed by atoms with Crippen LogP contribution in [0.25, 0.3) is 0 Å². The third kappa shape index (κ3) is 3.87. The zero-order valence-corrected chi connectivity index (χ0v) is 14.5. The van der Waals surface area contributed by atoms with Gasteiger partial charge in [-0.1, -0.05) is 36.4 Å². The van der Waals surface area contributed by atoms with Gasteiger partial charge in [0.15, 0.2) is 0 Å². The van der Waals surface area contributed by atoms with E-state index in [9.17, 15) is 4.79 Å². The standard InChI is InChI=1S/C18H19IN2O/c19-15-8-4-9-16(12-15)20-18(22)13-21-11-5-10-17(21)14-6-2-1-3-7-14/h1-4,6-9,12,17H,5,10-11,13H2,(H,20,22)/t17-/m1/s1. The largest absolute Gasteiger partial charge is 0.325 e. The van der Waals surface area contributed by atoms with Gasteiger partial charge in [-0.05, 0) is 65.7 Å². The Morgan fingerprint density at radius 2 is 2.00 bits per heavy atom. The van der Waals surface area contributed by atoms with Gasteiger partial charge in [0.05, 0.1) is 6.54 Å². The molecule has 0 spiro atoms. The summed E-state index contributed by atoms with van der Waals surface area (Å²) in [5, 5.41) is 3.00. The van der Waals surface area contributed by atoms with Crippen molar-refractivity contribution in [3.63, 3.8) is 0 Å². The quantitative estimate of drug-likeness (QED) is 0.777. The Balaban J connectivity index is 1.63. The summed E-state index contributed by atoms with van der Waals surface area (Å²) >= 11 is 2.25. The predicted molar refractivity (Wildman–Crippen MR) is 97.8 cm³/mol. The van der Waals surface area contributed by atoms with Crippen LogP contribution in [0.5, 0.6) is 0 Å². The average Bonchev–Trinajstić information content (AvgIpc) is 2.96. The van der Waals surface area contributed by atoms with Gasteiger partial charge in [-0.3, -0.25) is 9.69 Å². The molecule has 0 aliphatic carbocycles. The van der Waals surface area contributed by atoms with Crippen molar-refractivity contribution >= 4 is 34.2 Å². The minimum atomic E-state index is 0.0600. The van der Waals surface area contributed by atoms with E-state index < -0.39 is 0 Å². The number of halogens is 1. The third-order valence-electron chi connectivity index (χ3n) is 4.00. The van der Waals surface area contributed by atoms with E-state index in [1.165, 1.54) is 5.56 Å². The van der Waals surface area contributed by atoms with Gasteiger partial charge < -0.3 is 5.32 Å². The lowest BCUT2D eigenvalue weighted by molar-refractivity contribution is -0.117. The van der Waals surface area contributed by atoms with Gasteiger partial charge >= 0.3 is 0 Å². The number of anilines is 1. The zero-order chi connectivity index (χ0) is 15.4. The summed E-state index contributed by atoms with van der Waals surface area (Å²) in [6.07, 6.45) is 2.27. The van der Waals surface area contributed by atoms with Crippen LogP contribution in [0.3, 0.4) is 0 Å². The van der Waals surface area contributed by atoms with E-state index in [1.54, 1.807) is 0 Å². The number of likely N-dealkylation sites (tertiary alicyclic amines) is 1. The number of nitrogens with one attached hydrogen (secondary N) is 1. The van der Waals surface area contributed by atoms with E-state index >= 15 is 0 Å². The first-order chi connectivity index (χ1) is 10.7. The number of carbonyl (C=O) groups excluding carboxylic acids is 1. The number of hydrogen-bond acceptors (Lipinski definition) is 2. The molecule has 1 aliphatic heterocycles. The Bertz CT molecular complexity index is 645. The van der Waals surface area contributed by atoms with Crippen LogP contribution in [0, 0.1) is 3.57 Å². The summed E-state index contributed by atoms with van der Waals surface area (Å²) in [6.45, 7) is 1.43. The number of rotatable bonds is 4. The highest BCUT2D eigenvalue weighted by atomic mass is 127. The summed E-state index contributed by atoms with van der Waals surface area (Å²) < 4.78 is 1.12. The lowest BCUT2D eigenvalue weighted by Crippen LogP contribution is -2.32. The second-order valence-corrected chi connectivity index (χ2v) is 6.84. The predicted octanol–water partition coefficient (Wildman–Crippen LogP) is 4.07. The number of nitrogens with zero attached hydrogens (tertiary/aromatic N) is 1. The molecular formula is C18H19IN2O. The molecule has 0 unspecified atom stereocenters. The van der Waals surface area contributed by atoms with Crippen LogP contribution in [0.15, 0.2) is 54.6 Å². The second-order valence-electron chi connectivity index (χ2n) is 5.60. The van der Waals surface area contributed by atoms with Crippen molar-refractivity contribution in [1.29, 1.82) is 0 Å². The van der Waals surface area contributed by atoms with Crippen LogP contribution in [-0.2, 0) is 4.79 Å². The second kappa shape index (κ2) is 7.24. The molecule has 22 heavy (non-hydrogen) atoms. The van der Waals surface area contributed by atoms with E-state index in [-0.39, 0.29) is 5.91 Å². The maximum absolute atomic E-state index is 12.3. The lowest BCUT2D eigenvalue weighted by Gasteiger charge is -2.24. The third-order valence-corrected chi connectivity index (χ3v) is 4.67. The molecule has 3 rings (SSSR count). The van der Waals surface area contributed by atoms with Crippen molar-refractivity contribution < 1.29 is 4.79 Å².